The summed E-state index contributed by atoms with van der Waals surface area (Å²) in [6.45, 7) is 2.54. The van der Waals surface area contributed by atoms with E-state index in [4.69, 9.17) is 10.6 Å². The van der Waals surface area contributed by atoms with Crippen LogP contribution in [0.2, 0.25) is 0 Å². The number of aromatic nitrogens is 3. The van der Waals surface area contributed by atoms with E-state index >= 15 is 0 Å². The van der Waals surface area contributed by atoms with Crippen LogP contribution >= 0.6 is 11.8 Å². The van der Waals surface area contributed by atoms with Gasteiger partial charge in [-0.05, 0) is 43.3 Å². The molecule has 0 spiro atoms. The van der Waals surface area contributed by atoms with Crippen molar-refractivity contribution in [1.29, 1.82) is 0 Å². The maximum atomic E-state index is 12.6. The van der Waals surface area contributed by atoms with E-state index in [9.17, 15) is 4.79 Å². The molecule has 0 unspecified atom stereocenters. The minimum absolute atomic E-state index is 0.0114. The molecule has 0 saturated heterocycles. The number of carbonyl (C=O) groups is 1. The molecule has 0 fully saturated rings. The molecule has 0 bridgehead atoms. The molecule has 1 heterocycles. The van der Waals surface area contributed by atoms with Gasteiger partial charge in [-0.1, -0.05) is 30.0 Å². The molecule has 2 N–H and O–H groups in total. The molecule has 3 aromatic rings. The fraction of sp³-hybridized carbons (Fsp3) is 0.211. The van der Waals surface area contributed by atoms with E-state index in [-0.39, 0.29) is 11.7 Å². The van der Waals surface area contributed by atoms with Crippen molar-refractivity contribution in [2.75, 3.05) is 30.1 Å². The number of benzene rings is 2. The minimum Gasteiger partial charge on any atom is -0.497 e. The molecule has 140 valence electrons. The van der Waals surface area contributed by atoms with E-state index in [2.05, 4.69) is 10.2 Å². The molecular formula is C19H21N5O2S. The van der Waals surface area contributed by atoms with Crippen molar-refractivity contribution in [3.05, 3.63) is 54.6 Å². The molecule has 7 nitrogen and oxygen atoms in total. The zero-order valence-corrected chi connectivity index (χ0v) is 16.0. The molecular weight excluding hydrogens is 362 g/mol. The number of anilines is 1. The van der Waals surface area contributed by atoms with Crippen molar-refractivity contribution in [3.8, 4) is 17.1 Å². The normalized spacial score (nSPS) is 10.6. The van der Waals surface area contributed by atoms with Crippen LogP contribution in [0.1, 0.15) is 6.92 Å². The quantitative estimate of drug-likeness (QED) is 0.499. The minimum atomic E-state index is -0.0114. The van der Waals surface area contributed by atoms with Crippen LogP contribution in [0.5, 0.6) is 5.75 Å². The Morgan fingerprint density at radius 1 is 1.15 bits per heavy atom. The van der Waals surface area contributed by atoms with Crippen molar-refractivity contribution in [1.82, 2.24) is 14.9 Å². The number of amides is 1. The van der Waals surface area contributed by atoms with Crippen LogP contribution in [0, 0.1) is 0 Å². The Hall–Kier alpha value is -3.00. The van der Waals surface area contributed by atoms with E-state index in [1.165, 1.54) is 16.4 Å². The summed E-state index contributed by atoms with van der Waals surface area (Å²) >= 11 is 1.27. The number of nitrogens with two attached hydrogens (primary N) is 1. The number of ether oxygens (including phenoxy) is 1. The van der Waals surface area contributed by atoms with Gasteiger partial charge in [0, 0.05) is 17.8 Å². The molecule has 3 rings (SSSR count). The number of hydrogen-bond acceptors (Lipinski definition) is 6. The highest BCUT2D eigenvalue weighted by Crippen LogP contribution is 2.24. The molecule has 8 heteroatoms. The number of methoxy groups -OCH3 is 1. The van der Waals surface area contributed by atoms with Gasteiger partial charge in [0.05, 0.1) is 12.9 Å². The van der Waals surface area contributed by atoms with Gasteiger partial charge < -0.3 is 15.5 Å². The first-order valence-electron chi connectivity index (χ1n) is 8.47. The fourth-order valence-electron chi connectivity index (χ4n) is 2.63. The highest BCUT2D eigenvalue weighted by atomic mass is 32.2. The van der Waals surface area contributed by atoms with E-state index in [0.717, 1.165) is 17.0 Å². The van der Waals surface area contributed by atoms with E-state index in [0.29, 0.717) is 17.5 Å². The molecule has 0 radical (unpaired) electrons. The van der Waals surface area contributed by atoms with Gasteiger partial charge in [-0.2, -0.15) is 0 Å². The summed E-state index contributed by atoms with van der Waals surface area (Å²) in [5, 5.41) is 8.74. The average Bonchev–Trinajstić information content (AvgIpc) is 3.08. The number of nitrogen functional groups attached to an aromatic ring is 1. The van der Waals surface area contributed by atoms with Crippen molar-refractivity contribution in [2.24, 2.45) is 0 Å². The number of thioether (sulfide) groups is 1. The van der Waals surface area contributed by atoms with Gasteiger partial charge in [0.1, 0.15) is 5.75 Å². The molecule has 2 aromatic carbocycles. The van der Waals surface area contributed by atoms with Crippen LogP contribution in [0.3, 0.4) is 0 Å². The van der Waals surface area contributed by atoms with Gasteiger partial charge in [0.15, 0.2) is 5.82 Å². The van der Waals surface area contributed by atoms with Gasteiger partial charge in [-0.3, -0.25) is 4.79 Å². The first-order chi connectivity index (χ1) is 13.1. The van der Waals surface area contributed by atoms with Crippen LogP contribution < -0.4 is 15.5 Å². The molecule has 1 amide bonds. The molecule has 0 saturated carbocycles. The summed E-state index contributed by atoms with van der Waals surface area (Å²) in [5.74, 6) is 7.62. The lowest BCUT2D eigenvalue weighted by molar-refractivity contribution is -0.116. The summed E-state index contributed by atoms with van der Waals surface area (Å²) in [7, 11) is 1.61. The second-order valence-corrected chi connectivity index (χ2v) is 6.61. The first-order valence-corrected chi connectivity index (χ1v) is 9.45. The Morgan fingerprint density at radius 3 is 2.48 bits per heavy atom. The lowest BCUT2D eigenvalue weighted by atomic mass is 10.2. The lowest BCUT2D eigenvalue weighted by Crippen LogP contribution is -2.32. The third-order valence-corrected chi connectivity index (χ3v) is 4.95. The monoisotopic (exact) mass is 383 g/mol. The zero-order valence-electron chi connectivity index (χ0n) is 15.2. The summed E-state index contributed by atoms with van der Waals surface area (Å²) < 4.78 is 6.56. The molecule has 0 aliphatic heterocycles. The van der Waals surface area contributed by atoms with Gasteiger partial charge in [-0.15, -0.1) is 10.2 Å². The number of carbonyl (C=O) groups excluding carboxylic acids is 1. The van der Waals surface area contributed by atoms with Crippen molar-refractivity contribution in [3.63, 3.8) is 0 Å². The predicted molar refractivity (Wildman–Crippen MR) is 107 cm³/mol. The highest BCUT2D eigenvalue weighted by Gasteiger charge is 2.17. The third-order valence-electron chi connectivity index (χ3n) is 4.02. The SMILES string of the molecule is CCN(C(=O)CSc1nnc(-c2ccc(OC)cc2)n1N)c1ccccc1. The third kappa shape index (κ3) is 4.22. The Bertz CT molecular complexity index is 896. The zero-order chi connectivity index (χ0) is 19.2. The molecule has 0 aliphatic carbocycles. The van der Waals surface area contributed by atoms with E-state index in [1.54, 1.807) is 12.0 Å². The molecule has 1 aromatic heterocycles. The molecule has 0 atom stereocenters. The molecule has 0 aliphatic rings. The standard InChI is InChI=1S/C19H21N5O2S/c1-3-23(15-7-5-4-6-8-15)17(25)13-27-19-22-21-18(24(19)20)14-9-11-16(26-2)12-10-14/h4-12H,3,13,20H2,1-2H3. The fourth-order valence-corrected chi connectivity index (χ4v) is 3.36. The largest absolute Gasteiger partial charge is 0.497 e. The van der Waals surface area contributed by atoms with Gasteiger partial charge in [0.25, 0.3) is 0 Å². The second-order valence-electron chi connectivity index (χ2n) is 5.67. The van der Waals surface area contributed by atoms with Gasteiger partial charge in [0.2, 0.25) is 11.1 Å². The summed E-state index contributed by atoms with van der Waals surface area (Å²) in [6, 6.07) is 17.0. The Labute approximate surface area is 162 Å². The van der Waals surface area contributed by atoms with Gasteiger partial charge in [-0.25, -0.2) is 4.68 Å². The maximum Gasteiger partial charge on any atom is 0.237 e. The highest BCUT2D eigenvalue weighted by molar-refractivity contribution is 7.99. The number of nitrogens with zero attached hydrogens (tertiary/aromatic N) is 4. The van der Waals surface area contributed by atoms with Crippen LogP contribution in [0.4, 0.5) is 5.69 Å². The van der Waals surface area contributed by atoms with Crippen LogP contribution in [0.25, 0.3) is 11.4 Å². The second kappa shape index (κ2) is 8.59. The Morgan fingerprint density at radius 2 is 1.85 bits per heavy atom. The van der Waals surface area contributed by atoms with Crippen molar-refractivity contribution >= 4 is 23.4 Å². The number of rotatable bonds is 7. The van der Waals surface area contributed by atoms with E-state index in [1.807, 2.05) is 61.5 Å². The average molecular weight is 383 g/mol. The van der Waals surface area contributed by atoms with Crippen LogP contribution in [-0.2, 0) is 4.79 Å². The summed E-state index contributed by atoms with van der Waals surface area (Å²) in [6.07, 6.45) is 0. The summed E-state index contributed by atoms with van der Waals surface area (Å²) in [5.41, 5.74) is 1.70. The first kappa shape index (κ1) is 18.8. The van der Waals surface area contributed by atoms with Crippen molar-refractivity contribution in [2.45, 2.75) is 12.1 Å². The van der Waals surface area contributed by atoms with Crippen LogP contribution in [0.15, 0.2) is 59.8 Å². The topological polar surface area (TPSA) is 86.3 Å². The van der Waals surface area contributed by atoms with Gasteiger partial charge >= 0.3 is 0 Å². The van der Waals surface area contributed by atoms with Crippen molar-refractivity contribution < 1.29 is 9.53 Å². The number of hydrogen-bond donors (Lipinski definition) is 1. The number of para-hydroxylation sites is 1. The summed E-state index contributed by atoms with van der Waals surface area (Å²) in [4.78, 5) is 14.3. The molecule has 27 heavy (non-hydrogen) atoms. The van der Waals surface area contributed by atoms with E-state index < -0.39 is 0 Å². The Kier molecular flexibility index (Phi) is 5.97. The lowest BCUT2D eigenvalue weighted by Gasteiger charge is -2.20. The maximum absolute atomic E-state index is 12.6. The van der Waals surface area contributed by atoms with Crippen LogP contribution in [-0.4, -0.2) is 40.2 Å². The predicted octanol–water partition coefficient (Wildman–Crippen LogP) is 2.81. The smallest absolute Gasteiger partial charge is 0.237 e. The Balaban J connectivity index is 1.69.